The number of esters is 2. The highest BCUT2D eigenvalue weighted by Gasteiger charge is 2.57. The number of fused-ring (bicyclic) bond motifs is 4. The zero-order valence-corrected chi connectivity index (χ0v) is 20.0. The number of rotatable bonds is 4. The molecule has 0 N–H and O–H groups in total. The molecule has 0 spiro atoms. The monoisotopic (exact) mass is 484 g/mol. The molecule has 0 saturated heterocycles. The molecule has 2 aromatic carbocycles. The van der Waals surface area contributed by atoms with Gasteiger partial charge in [0.25, 0.3) is 0 Å². The van der Waals surface area contributed by atoms with Gasteiger partial charge in [-0.15, -0.1) is 0 Å². The maximum Gasteiger partial charge on any atom is 0.314 e. The number of ketones is 2. The van der Waals surface area contributed by atoms with Gasteiger partial charge in [0, 0.05) is 11.1 Å². The van der Waals surface area contributed by atoms with E-state index in [9.17, 15) is 19.2 Å². The van der Waals surface area contributed by atoms with E-state index in [1.54, 1.807) is 24.3 Å². The van der Waals surface area contributed by atoms with Crippen molar-refractivity contribution in [2.75, 3.05) is 0 Å². The second-order valence-corrected chi connectivity index (χ2v) is 11.1. The highest BCUT2D eigenvalue weighted by atomic mass is 16.5. The van der Waals surface area contributed by atoms with Crippen LogP contribution in [0.5, 0.6) is 11.5 Å². The van der Waals surface area contributed by atoms with Crippen LogP contribution in [0.25, 0.3) is 0 Å². The molecule has 7 rings (SSSR count). The maximum atomic E-state index is 13.6. The normalized spacial score (nSPS) is 31.3. The largest absolute Gasteiger partial charge is 0.425 e. The zero-order valence-electron chi connectivity index (χ0n) is 20.0. The summed E-state index contributed by atoms with van der Waals surface area (Å²) < 4.78 is 11.6. The van der Waals surface area contributed by atoms with Crippen LogP contribution < -0.4 is 9.47 Å². The van der Waals surface area contributed by atoms with E-state index >= 15 is 0 Å². The number of benzene rings is 2. The highest BCUT2D eigenvalue weighted by Crippen LogP contribution is 2.57. The third kappa shape index (κ3) is 3.30. The van der Waals surface area contributed by atoms with Crippen LogP contribution in [0.2, 0.25) is 0 Å². The summed E-state index contributed by atoms with van der Waals surface area (Å²) in [5, 5.41) is 0. The van der Waals surface area contributed by atoms with Crippen LogP contribution in [0.1, 0.15) is 83.2 Å². The third-order valence-corrected chi connectivity index (χ3v) is 9.28. The summed E-state index contributed by atoms with van der Waals surface area (Å²) in [5.74, 6) is -0.128. The lowest BCUT2D eigenvalue weighted by Crippen LogP contribution is -2.25. The second kappa shape index (κ2) is 8.12. The molecule has 2 aromatic rings. The molecular weight excluding hydrogens is 456 g/mol. The Morgan fingerprint density at radius 2 is 0.944 bits per heavy atom. The average Bonchev–Trinajstić information content (AvgIpc) is 3.80. The molecular formula is C30H28O6. The number of carbonyl (C=O) groups excluding carboxylic acids is 4. The highest BCUT2D eigenvalue weighted by molar-refractivity contribution is 6.30. The van der Waals surface area contributed by atoms with E-state index < -0.39 is 11.6 Å². The number of hydrogen-bond donors (Lipinski definition) is 0. The third-order valence-electron chi connectivity index (χ3n) is 9.28. The lowest BCUT2D eigenvalue weighted by Gasteiger charge is -2.22. The molecule has 4 saturated carbocycles. The van der Waals surface area contributed by atoms with Crippen molar-refractivity contribution in [1.82, 2.24) is 0 Å². The summed E-state index contributed by atoms with van der Waals surface area (Å²) in [5.41, 5.74) is 0.580. The lowest BCUT2D eigenvalue weighted by atomic mass is 9.83. The molecule has 184 valence electrons. The van der Waals surface area contributed by atoms with E-state index in [0.29, 0.717) is 23.7 Å². The average molecular weight is 485 g/mol. The molecule has 0 unspecified atom stereocenters. The van der Waals surface area contributed by atoms with E-state index in [2.05, 4.69) is 0 Å². The van der Waals surface area contributed by atoms with Crippen molar-refractivity contribution in [3.05, 3.63) is 58.7 Å². The minimum atomic E-state index is -0.394. The van der Waals surface area contributed by atoms with Crippen LogP contribution >= 0.6 is 0 Å². The minimum absolute atomic E-state index is 0.0224. The van der Waals surface area contributed by atoms with E-state index in [1.165, 1.54) is 12.1 Å². The fourth-order valence-corrected chi connectivity index (χ4v) is 7.37. The topological polar surface area (TPSA) is 86.7 Å². The molecule has 6 nitrogen and oxygen atoms in total. The van der Waals surface area contributed by atoms with Crippen molar-refractivity contribution >= 4 is 23.5 Å². The molecule has 0 aromatic heterocycles. The van der Waals surface area contributed by atoms with Gasteiger partial charge < -0.3 is 9.47 Å². The number of ether oxygens (including phenoxy) is 2. The Morgan fingerprint density at radius 1 is 0.583 bits per heavy atom. The Morgan fingerprint density at radius 3 is 1.31 bits per heavy atom. The van der Waals surface area contributed by atoms with Crippen molar-refractivity contribution in [1.29, 1.82) is 0 Å². The molecule has 0 aliphatic heterocycles. The summed E-state index contributed by atoms with van der Waals surface area (Å²) >= 11 is 0. The maximum absolute atomic E-state index is 13.6. The molecule has 5 aliphatic carbocycles. The van der Waals surface area contributed by atoms with Crippen molar-refractivity contribution in [3.63, 3.8) is 0 Å². The summed E-state index contributed by atoms with van der Waals surface area (Å²) in [6.45, 7) is 0. The molecule has 5 aliphatic rings. The molecule has 4 fully saturated rings. The molecule has 4 atom stereocenters. The Hall–Kier alpha value is -3.28. The second-order valence-electron chi connectivity index (χ2n) is 11.1. The van der Waals surface area contributed by atoms with Gasteiger partial charge in [-0.2, -0.15) is 0 Å². The molecule has 36 heavy (non-hydrogen) atoms. The van der Waals surface area contributed by atoms with Crippen LogP contribution in [0.15, 0.2) is 36.4 Å². The fourth-order valence-electron chi connectivity index (χ4n) is 7.37. The first-order valence-electron chi connectivity index (χ1n) is 13.3. The van der Waals surface area contributed by atoms with Crippen LogP contribution in [-0.4, -0.2) is 23.5 Å². The van der Waals surface area contributed by atoms with Crippen LogP contribution in [0.3, 0.4) is 0 Å². The first kappa shape index (κ1) is 22.0. The predicted molar refractivity (Wildman–Crippen MR) is 129 cm³/mol. The quantitative estimate of drug-likeness (QED) is 0.376. The van der Waals surface area contributed by atoms with Gasteiger partial charge in [0.15, 0.2) is 11.6 Å². The Labute approximate surface area is 209 Å². The summed E-state index contributed by atoms with van der Waals surface area (Å²) in [6, 6.07) is 9.62. The standard InChI is InChI=1S/C30H28O6/c31-27-19-11-5-6-12-20(19)28(32)26-22(36-30(34)24-17-9-3-4-10-18(17)24)14-13-21(25(26)27)35-29(33)23-15-7-1-2-8-16(15)23/h5-6,11-18,23-24H,1-4,7-10H2/t15-,16-,17+,18+. The summed E-state index contributed by atoms with van der Waals surface area (Å²) in [7, 11) is 0. The molecule has 6 heteroatoms. The van der Waals surface area contributed by atoms with E-state index in [4.69, 9.17) is 9.47 Å². The van der Waals surface area contributed by atoms with Crippen molar-refractivity contribution in [2.45, 2.75) is 51.4 Å². The van der Waals surface area contributed by atoms with Gasteiger partial charge in [0.1, 0.15) is 11.5 Å². The van der Waals surface area contributed by atoms with Crippen molar-refractivity contribution in [3.8, 4) is 11.5 Å². The predicted octanol–water partition coefficient (Wildman–Crippen LogP) is 5.15. The van der Waals surface area contributed by atoms with Gasteiger partial charge in [-0.1, -0.05) is 49.9 Å². The van der Waals surface area contributed by atoms with E-state index in [0.717, 1.165) is 51.4 Å². The van der Waals surface area contributed by atoms with Gasteiger partial charge in [0.05, 0.1) is 23.0 Å². The molecule has 0 heterocycles. The van der Waals surface area contributed by atoms with Crippen LogP contribution in [0.4, 0.5) is 0 Å². The van der Waals surface area contributed by atoms with Gasteiger partial charge in [-0.05, 0) is 61.5 Å². The summed E-state index contributed by atoms with van der Waals surface area (Å²) in [6.07, 6.45) is 8.66. The number of hydrogen-bond acceptors (Lipinski definition) is 6. The van der Waals surface area contributed by atoms with Gasteiger partial charge in [0.2, 0.25) is 0 Å². The van der Waals surface area contributed by atoms with Gasteiger partial charge >= 0.3 is 11.9 Å². The number of carbonyl (C=O) groups is 4. The Balaban J connectivity index is 1.23. The van der Waals surface area contributed by atoms with Crippen molar-refractivity contribution < 1.29 is 28.7 Å². The Bertz CT molecular complexity index is 1200. The van der Waals surface area contributed by atoms with Gasteiger partial charge in [-0.3, -0.25) is 19.2 Å². The van der Waals surface area contributed by atoms with Crippen LogP contribution in [0, 0.1) is 35.5 Å². The van der Waals surface area contributed by atoms with E-state index in [-0.39, 0.29) is 57.5 Å². The lowest BCUT2D eigenvalue weighted by molar-refractivity contribution is -0.137. The SMILES string of the molecule is O=C1c2ccccc2C(=O)c2c(OC(=O)C3[C@@H]4CCCC[C@@H]34)ccc(OC(=O)C3[C@H]4CCCC[C@H]34)c21. The zero-order chi connectivity index (χ0) is 24.6. The Kier molecular flexibility index (Phi) is 4.95. The van der Waals surface area contributed by atoms with E-state index in [1.807, 2.05) is 0 Å². The molecule has 0 radical (unpaired) electrons. The minimum Gasteiger partial charge on any atom is -0.425 e. The smallest absolute Gasteiger partial charge is 0.314 e. The summed E-state index contributed by atoms with van der Waals surface area (Å²) in [4.78, 5) is 53.3. The fraction of sp³-hybridized carbons (Fsp3) is 0.467. The first-order valence-corrected chi connectivity index (χ1v) is 13.3. The first-order chi connectivity index (χ1) is 17.5. The van der Waals surface area contributed by atoms with Gasteiger partial charge in [-0.25, -0.2) is 0 Å². The van der Waals surface area contributed by atoms with Crippen LogP contribution in [-0.2, 0) is 9.59 Å². The molecule has 0 amide bonds. The van der Waals surface area contributed by atoms with Crippen molar-refractivity contribution in [2.24, 2.45) is 35.5 Å². The molecule has 0 bridgehead atoms.